The van der Waals surface area contributed by atoms with Gasteiger partial charge in [0.15, 0.2) is 0 Å². The highest BCUT2D eigenvalue weighted by Gasteiger charge is 2.29. The molecule has 1 unspecified atom stereocenters. The number of pyridine rings is 1. The number of sulfonamides is 1. The van der Waals surface area contributed by atoms with E-state index in [-0.39, 0.29) is 11.5 Å². The maximum absolute atomic E-state index is 11.9. The molecular weight excluding hydrogens is 344 g/mol. The van der Waals surface area contributed by atoms with Crippen molar-refractivity contribution in [2.75, 3.05) is 19.3 Å². The fourth-order valence-corrected chi connectivity index (χ4v) is 3.93. The highest BCUT2D eigenvalue weighted by atomic mass is 32.2. The third-order valence-electron chi connectivity index (χ3n) is 4.23. The molecule has 8 nitrogen and oxygen atoms in total. The standard InChI is InChI=1S/C16H18N4O4S/c1-25(23,24)20-6-2-3-11(10-20)14-15(19-5-4-18-14)12-7-13(16(21)22)9-17-8-12/h4-5,7-9,11H,2-3,6,10H2,1H3,(H,21,22). The fraction of sp³-hybridized carbons (Fsp3) is 0.375. The van der Waals surface area contributed by atoms with Crippen LogP contribution in [0.1, 0.15) is 34.8 Å². The molecule has 0 radical (unpaired) electrons. The van der Waals surface area contributed by atoms with Gasteiger partial charge in [0.05, 0.1) is 23.2 Å². The molecule has 0 amide bonds. The second kappa shape index (κ2) is 6.85. The molecule has 1 aliphatic rings. The normalized spacial score (nSPS) is 18.8. The van der Waals surface area contributed by atoms with E-state index in [1.54, 1.807) is 6.20 Å². The van der Waals surface area contributed by atoms with Gasteiger partial charge in [0.1, 0.15) is 0 Å². The first-order valence-corrected chi connectivity index (χ1v) is 9.66. The Bertz CT molecular complexity index is 901. The predicted octanol–water partition coefficient (Wildman–Crippen LogP) is 1.38. The van der Waals surface area contributed by atoms with Crippen LogP contribution in [-0.4, -0.2) is 58.1 Å². The lowest BCUT2D eigenvalue weighted by atomic mass is 9.92. The molecule has 0 saturated carbocycles. The summed E-state index contributed by atoms with van der Waals surface area (Å²) in [7, 11) is -3.27. The Morgan fingerprint density at radius 1 is 1.28 bits per heavy atom. The molecular formula is C16H18N4O4S. The Hall–Kier alpha value is -2.39. The van der Waals surface area contributed by atoms with Crippen molar-refractivity contribution >= 4 is 16.0 Å². The molecule has 3 heterocycles. The minimum Gasteiger partial charge on any atom is -0.478 e. The van der Waals surface area contributed by atoms with Crippen LogP contribution in [0.25, 0.3) is 11.3 Å². The second-order valence-electron chi connectivity index (χ2n) is 6.02. The maximum atomic E-state index is 11.9. The van der Waals surface area contributed by atoms with Crippen LogP contribution in [-0.2, 0) is 10.0 Å². The smallest absolute Gasteiger partial charge is 0.337 e. The number of aromatic carboxylic acids is 1. The van der Waals surface area contributed by atoms with E-state index >= 15 is 0 Å². The van der Waals surface area contributed by atoms with Gasteiger partial charge >= 0.3 is 5.97 Å². The van der Waals surface area contributed by atoms with Crippen molar-refractivity contribution in [3.05, 3.63) is 42.1 Å². The molecule has 0 bridgehead atoms. The average Bonchev–Trinajstić information content (AvgIpc) is 2.61. The van der Waals surface area contributed by atoms with Crippen LogP contribution < -0.4 is 0 Å². The number of carboxylic acid groups (broad SMARTS) is 1. The van der Waals surface area contributed by atoms with Crippen molar-refractivity contribution in [3.8, 4) is 11.3 Å². The average molecular weight is 362 g/mol. The molecule has 1 saturated heterocycles. The van der Waals surface area contributed by atoms with Gasteiger partial charge < -0.3 is 5.11 Å². The summed E-state index contributed by atoms with van der Waals surface area (Å²) in [4.78, 5) is 23.9. The van der Waals surface area contributed by atoms with Crippen LogP contribution in [0, 0.1) is 0 Å². The minimum atomic E-state index is -3.27. The summed E-state index contributed by atoms with van der Waals surface area (Å²) in [5.41, 5.74) is 1.83. The van der Waals surface area contributed by atoms with Gasteiger partial charge in [-0.3, -0.25) is 15.0 Å². The number of nitrogens with zero attached hydrogens (tertiary/aromatic N) is 4. The van der Waals surface area contributed by atoms with E-state index in [1.807, 2.05) is 0 Å². The topological polar surface area (TPSA) is 113 Å². The molecule has 1 atom stereocenters. The summed E-state index contributed by atoms with van der Waals surface area (Å²) >= 11 is 0. The van der Waals surface area contributed by atoms with Crippen LogP contribution in [0.4, 0.5) is 0 Å². The quantitative estimate of drug-likeness (QED) is 0.874. The van der Waals surface area contributed by atoms with E-state index in [9.17, 15) is 13.2 Å². The van der Waals surface area contributed by atoms with Crippen LogP contribution >= 0.6 is 0 Å². The second-order valence-corrected chi connectivity index (χ2v) is 8.00. The highest BCUT2D eigenvalue weighted by Crippen LogP contribution is 2.32. The van der Waals surface area contributed by atoms with E-state index in [0.717, 1.165) is 12.8 Å². The molecule has 2 aromatic rings. The SMILES string of the molecule is CS(=O)(=O)N1CCCC(c2nccnc2-c2cncc(C(=O)O)c2)C1. The Morgan fingerprint density at radius 3 is 2.76 bits per heavy atom. The van der Waals surface area contributed by atoms with Crippen LogP contribution in [0.2, 0.25) is 0 Å². The van der Waals surface area contributed by atoms with Crippen LogP contribution in [0.3, 0.4) is 0 Å². The molecule has 2 aromatic heterocycles. The number of aromatic nitrogens is 3. The van der Waals surface area contributed by atoms with Crippen molar-refractivity contribution in [1.29, 1.82) is 0 Å². The number of carboxylic acids is 1. The summed E-state index contributed by atoms with van der Waals surface area (Å²) in [5, 5.41) is 9.15. The van der Waals surface area contributed by atoms with E-state index in [2.05, 4.69) is 15.0 Å². The molecule has 1 aliphatic heterocycles. The molecule has 9 heteroatoms. The summed E-state index contributed by atoms with van der Waals surface area (Å²) < 4.78 is 25.2. The number of carbonyl (C=O) groups is 1. The lowest BCUT2D eigenvalue weighted by Crippen LogP contribution is -2.38. The van der Waals surface area contributed by atoms with Gasteiger partial charge in [-0.25, -0.2) is 17.5 Å². The maximum Gasteiger partial charge on any atom is 0.337 e. The van der Waals surface area contributed by atoms with Crippen molar-refractivity contribution in [3.63, 3.8) is 0 Å². The molecule has 0 aromatic carbocycles. The van der Waals surface area contributed by atoms with Gasteiger partial charge in [-0.15, -0.1) is 0 Å². The van der Waals surface area contributed by atoms with Gasteiger partial charge in [-0.1, -0.05) is 0 Å². The zero-order valence-electron chi connectivity index (χ0n) is 13.7. The van der Waals surface area contributed by atoms with Crippen molar-refractivity contribution in [1.82, 2.24) is 19.3 Å². The van der Waals surface area contributed by atoms with E-state index in [0.29, 0.717) is 30.0 Å². The highest BCUT2D eigenvalue weighted by molar-refractivity contribution is 7.88. The summed E-state index contributed by atoms with van der Waals surface area (Å²) in [6, 6.07) is 1.50. The Kier molecular flexibility index (Phi) is 4.78. The van der Waals surface area contributed by atoms with Crippen molar-refractivity contribution in [2.45, 2.75) is 18.8 Å². The Balaban J connectivity index is 1.99. The molecule has 0 spiro atoms. The van der Waals surface area contributed by atoms with E-state index < -0.39 is 16.0 Å². The van der Waals surface area contributed by atoms with Gasteiger partial charge in [-0.2, -0.15) is 0 Å². The predicted molar refractivity (Wildman–Crippen MR) is 90.6 cm³/mol. The largest absolute Gasteiger partial charge is 0.478 e. The van der Waals surface area contributed by atoms with Gasteiger partial charge in [0.2, 0.25) is 10.0 Å². The van der Waals surface area contributed by atoms with Crippen LogP contribution in [0.5, 0.6) is 0 Å². The lowest BCUT2D eigenvalue weighted by molar-refractivity contribution is 0.0696. The molecule has 0 aliphatic carbocycles. The number of piperidine rings is 1. The van der Waals surface area contributed by atoms with Crippen molar-refractivity contribution < 1.29 is 18.3 Å². The number of hydrogen-bond donors (Lipinski definition) is 1. The Labute approximate surface area is 145 Å². The van der Waals surface area contributed by atoms with Crippen LogP contribution in [0.15, 0.2) is 30.9 Å². The first kappa shape index (κ1) is 17.4. The molecule has 1 fully saturated rings. The molecule has 1 N–H and O–H groups in total. The summed E-state index contributed by atoms with van der Waals surface area (Å²) in [5.74, 6) is -1.17. The minimum absolute atomic E-state index is 0.0653. The summed E-state index contributed by atoms with van der Waals surface area (Å²) in [6.07, 6.45) is 8.64. The fourth-order valence-electron chi connectivity index (χ4n) is 3.02. The monoisotopic (exact) mass is 362 g/mol. The lowest BCUT2D eigenvalue weighted by Gasteiger charge is -2.31. The third-order valence-corrected chi connectivity index (χ3v) is 5.49. The summed E-state index contributed by atoms with van der Waals surface area (Å²) in [6.45, 7) is 0.845. The molecule has 3 rings (SSSR count). The first-order valence-electron chi connectivity index (χ1n) is 7.81. The number of hydrogen-bond acceptors (Lipinski definition) is 6. The van der Waals surface area contributed by atoms with Gasteiger partial charge in [0.25, 0.3) is 0 Å². The molecule has 132 valence electrons. The first-order chi connectivity index (χ1) is 11.9. The van der Waals surface area contributed by atoms with Crippen molar-refractivity contribution in [2.24, 2.45) is 0 Å². The number of rotatable bonds is 4. The Morgan fingerprint density at radius 2 is 2.04 bits per heavy atom. The third kappa shape index (κ3) is 3.83. The van der Waals surface area contributed by atoms with E-state index in [1.165, 1.54) is 35.2 Å². The van der Waals surface area contributed by atoms with E-state index in [4.69, 9.17) is 5.11 Å². The van der Waals surface area contributed by atoms with Gasteiger partial charge in [-0.05, 0) is 18.9 Å². The van der Waals surface area contributed by atoms with Gasteiger partial charge in [0, 0.05) is 49.4 Å². The zero-order chi connectivity index (χ0) is 18.0. The zero-order valence-corrected chi connectivity index (χ0v) is 14.5. The molecule has 25 heavy (non-hydrogen) atoms.